The summed E-state index contributed by atoms with van der Waals surface area (Å²) < 4.78 is 2.68. The average molecular weight is 932 g/mol. The zero-order valence-corrected chi connectivity index (χ0v) is 41.9. The summed E-state index contributed by atoms with van der Waals surface area (Å²) in [4.78, 5) is 7.71. The number of nitrogens with zero attached hydrogens (tertiary/aromatic N) is 3. The Morgan fingerprint density at radius 1 is 0.408 bits per heavy atom. The molecular formula is C66H54BN3S. The van der Waals surface area contributed by atoms with Gasteiger partial charge in [-0.25, -0.2) is 0 Å². The fourth-order valence-electron chi connectivity index (χ4n) is 11.5. The normalized spacial score (nSPS) is 13.1. The maximum absolute atomic E-state index is 2.68. The Hall–Kier alpha value is -7.86. The number of anilines is 9. The van der Waals surface area contributed by atoms with Crippen molar-refractivity contribution in [1.82, 2.24) is 0 Å². The van der Waals surface area contributed by atoms with E-state index in [1.807, 2.05) is 11.3 Å². The van der Waals surface area contributed by atoms with E-state index < -0.39 is 0 Å². The summed E-state index contributed by atoms with van der Waals surface area (Å²) >= 11 is 1.97. The Morgan fingerprint density at radius 2 is 0.930 bits per heavy atom. The predicted molar refractivity (Wildman–Crippen MR) is 308 cm³/mol. The molecule has 0 radical (unpaired) electrons. The van der Waals surface area contributed by atoms with E-state index in [-0.39, 0.29) is 17.5 Å². The third kappa shape index (κ3) is 6.93. The Kier molecular flexibility index (Phi) is 9.96. The molecule has 0 fully saturated rings. The monoisotopic (exact) mass is 931 g/mol. The molecule has 11 aromatic rings. The van der Waals surface area contributed by atoms with E-state index in [0.29, 0.717) is 0 Å². The van der Waals surface area contributed by atoms with Crippen LogP contribution < -0.4 is 30.4 Å². The molecule has 2 aliphatic rings. The highest BCUT2D eigenvalue weighted by molar-refractivity contribution is 7.33. The molecule has 13 rings (SSSR count). The van der Waals surface area contributed by atoms with Crippen molar-refractivity contribution >= 4 is 117 Å². The number of hydrogen-bond donors (Lipinski definition) is 0. The summed E-state index contributed by atoms with van der Waals surface area (Å²) in [7, 11) is 0. The van der Waals surface area contributed by atoms with Crippen molar-refractivity contribution in [2.24, 2.45) is 0 Å². The standard InChI is InChI=1S/C66H54BN3S/c1-65(2,3)44-35-38-59-54(39-44)63-64(71-59)67-55-37-36-49(68(46-25-13-8-14-26-46)47-27-15-9-16-28-47)42-56(55)70(58-41-45(66(4,5)6)40-57(61(58)67)69(63)48-29-17-10-18-30-48)62-52-33-21-19-31-50(52)60(43-23-11-7-12-24-43)51-32-20-22-34-53(51)62/h7-42H,1-6H3. The number of benzene rings is 10. The fraction of sp³-hybridized carbons (Fsp3) is 0.121. The topological polar surface area (TPSA) is 9.72 Å². The SMILES string of the molecule is CC(C)(C)c1cc2c3c(c1)N(c1c4ccccc4c(-c4ccccc4)c4ccccc14)c1cc(N(c4ccccc4)c4ccccc4)ccc1B3c1sc3ccc(C(C)(C)C)cc3c1N2c1ccccc1. The molecule has 0 saturated heterocycles. The van der Waals surface area contributed by atoms with Gasteiger partial charge in [-0.3, -0.25) is 0 Å². The fourth-order valence-corrected chi connectivity index (χ4v) is 12.8. The second-order valence-electron chi connectivity index (χ2n) is 21.3. The number of para-hydroxylation sites is 3. The first kappa shape index (κ1) is 43.2. The first-order chi connectivity index (χ1) is 34.5. The van der Waals surface area contributed by atoms with Gasteiger partial charge in [-0.05, 0) is 128 Å². The molecule has 2 aliphatic heterocycles. The summed E-state index contributed by atoms with van der Waals surface area (Å²) in [5, 5.41) is 6.20. The van der Waals surface area contributed by atoms with E-state index in [1.165, 1.54) is 104 Å². The molecule has 1 aromatic heterocycles. The minimum absolute atomic E-state index is 0.0148. The number of thiophene rings is 1. The van der Waals surface area contributed by atoms with Crippen LogP contribution in [-0.4, -0.2) is 6.71 Å². The molecule has 0 spiro atoms. The molecule has 10 aromatic carbocycles. The maximum atomic E-state index is 2.68. The zero-order valence-electron chi connectivity index (χ0n) is 41.1. The zero-order chi connectivity index (χ0) is 48.2. The maximum Gasteiger partial charge on any atom is 0.264 e. The summed E-state index contributed by atoms with van der Waals surface area (Å²) in [6.07, 6.45) is 0. The molecular weight excluding hydrogens is 878 g/mol. The van der Waals surface area contributed by atoms with E-state index in [0.717, 1.165) is 17.1 Å². The van der Waals surface area contributed by atoms with Crippen LogP contribution in [0.15, 0.2) is 218 Å². The first-order valence-corrected chi connectivity index (χ1v) is 25.8. The van der Waals surface area contributed by atoms with Gasteiger partial charge in [-0.15, -0.1) is 11.3 Å². The quantitative estimate of drug-likeness (QED) is 0.122. The van der Waals surface area contributed by atoms with Crippen LogP contribution >= 0.6 is 11.3 Å². The van der Waals surface area contributed by atoms with Gasteiger partial charge < -0.3 is 14.7 Å². The summed E-state index contributed by atoms with van der Waals surface area (Å²) in [5.74, 6) is 0. The summed E-state index contributed by atoms with van der Waals surface area (Å²) in [6.45, 7) is 14.1. The van der Waals surface area contributed by atoms with Crippen molar-refractivity contribution < 1.29 is 0 Å². The van der Waals surface area contributed by atoms with Gasteiger partial charge in [0.25, 0.3) is 6.71 Å². The van der Waals surface area contributed by atoms with Gasteiger partial charge in [0.1, 0.15) is 0 Å². The predicted octanol–water partition coefficient (Wildman–Crippen LogP) is 17.0. The van der Waals surface area contributed by atoms with E-state index in [9.17, 15) is 0 Å². The second-order valence-corrected chi connectivity index (χ2v) is 22.4. The molecule has 3 heterocycles. The Labute approximate surface area is 422 Å². The molecule has 71 heavy (non-hydrogen) atoms. The lowest BCUT2D eigenvalue weighted by Crippen LogP contribution is -2.60. The van der Waals surface area contributed by atoms with E-state index in [2.05, 4.69) is 275 Å². The largest absolute Gasteiger partial charge is 0.310 e. The molecule has 0 aliphatic carbocycles. The van der Waals surface area contributed by atoms with Crippen LogP contribution in [0.1, 0.15) is 52.7 Å². The number of fused-ring (bicyclic) bond motifs is 8. The van der Waals surface area contributed by atoms with Crippen molar-refractivity contribution in [1.29, 1.82) is 0 Å². The van der Waals surface area contributed by atoms with Gasteiger partial charge in [-0.1, -0.05) is 187 Å². The van der Waals surface area contributed by atoms with E-state index in [1.54, 1.807) is 0 Å². The van der Waals surface area contributed by atoms with E-state index >= 15 is 0 Å². The van der Waals surface area contributed by atoms with Crippen molar-refractivity contribution in [2.45, 2.75) is 52.4 Å². The van der Waals surface area contributed by atoms with E-state index in [4.69, 9.17) is 0 Å². The van der Waals surface area contributed by atoms with Gasteiger partial charge in [0.2, 0.25) is 0 Å². The minimum Gasteiger partial charge on any atom is -0.310 e. The van der Waals surface area contributed by atoms with Crippen LogP contribution in [0.25, 0.3) is 42.8 Å². The van der Waals surface area contributed by atoms with Gasteiger partial charge >= 0.3 is 0 Å². The number of rotatable bonds is 6. The third-order valence-corrected chi connectivity index (χ3v) is 16.1. The smallest absolute Gasteiger partial charge is 0.264 e. The Bertz CT molecular complexity index is 3760. The molecule has 0 amide bonds. The second kappa shape index (κ2) is 16.4. The van der Waals surface area contributed by atoms with Crippen molar-refractivity contribution in [3.63, 3.8) is 0 Å². The van der Waals surface area contributed by atoms with Crippen LogP contribution in [0, 0.1) is 0 Å². The first-order valence-electron chi connectivity index (χ1n) is 25.0. The van der Waals surface area contributed by atoms with Crippen LogP contribution in [0.3, 0.4) is 0 Å². The molecule has 0 saturated carbocycles. The van der Waals surface area contributed by atoms with Crippen LogP contribution in [0.4, 0.5) is 51.2 Å². The molecule has 0 bridgehead atoms. The number of hydrogen-bond acceptors (Lipinski definition) is 4. The van der Waals surface area contributed by atoms with Gasteiger partial charge in [0.15, 0.2) is 0 Å². The molecule has 3 nitrogen and oxygen atoms in total. The van der Waals surface area contributed by atoms with Gasteiger partial charge in [0.05, 0.1) is 11.4 Å². The van der Waals surface area contributed by atoms with Crippen molar-refractivity contribution in [2.75, 3.05) is 14.7 Å². The highest BCUT2D eigenvalue weighted by Crippen LogP contribution is 2.54. The van der Waals surface area contributed by atoms with Crippen LogP contribution in [-0.2, 0) is 10.8 Å². The lowest BCUT2D eigenvalue weighted by Gasteiger charge is -2.45. The minimum atomic E-state index is -0.174. The third-order valence-electron chi connectivity index (χ3n) is 14.9. The van der Waals surface area contributed by atoms with Gasteiger partial charge in [-0.2, -0.15) is 0 Å². The Morgan fingerprint density at radius 3 is 1.51 bits per heavy atom. The molecule has 0 N–H and O–H groups in total. The molecule has 342 valence electrons. The van der Waals surface area contributed by atoms with Gasteiger partial charge in [0, 0.05) is 65.4 Å². The van der Waals surface area contributed by atoms with Crippen LogP contribution in [0.2, 0.25) is 0 Å². The highest BCUT2D eigenvalue weighted by Gasteiger charge is 2.47. The molecule has 0 atom stereocenters. The molecule has 5 heteroatoms. The summed E-state index contributed by atoms with van der Waals surface area (Å²) in [6, 6.07) is 81.6. The van der Waals surface area contributed by atoms with Crippen molar-refractivity contribution in [3.8, 4) is 11.1 Å². The van der Waals surface area contributed by atoms with Crippen molar-refractivity contribution in [3.05, 3.63) is 230 Å². The average Bonchev–Trinajstić information content (AvgIpc) is 3.77. The summed E-state index contributed by atoms with van der Waals surface area (Å²) in [5.41, 5.74) is 18.2. The Balaban J connectivity index is 1.20. The highest BCUT2D eigenvalue weighted by atomic mass is 32.1. The van der Waals surface area contributed by atoms with Crippen LogP contribution in [0.5, 0.6) is 0 Å². The lowest BCUT2D eigenvalue weighted by molar-refractivity contribution is 0.590. The lowest BCUT2D eigenvalue weighted by atomic mass is 9.36. The molecule has 0 unspecified atom stereocenters.